The maximum absolute atomic E-state index is 13.8. The van der Waals surface area contributed by atoms with Gasteiger partial charge in [-0.15, -0.1) is 0 Å². The van der Waals surface area contributed by atoms with Gasteiger partial charge in [-0.2, -0.15) is 74.6 Å². The highest BCUT2D eigenvalue weighted by Crippen LogP contribution is 2.64. The normalized spacial score (nSPS) is 14.7. The number of esters is 1. The first kappa shape index (κ1) is 41.3. The Morgan fingerprint density at radius 1 is 0.419 bits per heavy atom. The number of hydrogen-bond donors (Lipinski definition) is 0. The first-order valence-corrected chi connectivity index (χ1v) is 13.1. The van der Waals surface area contributed by atoms with E-state index in [2.05, 4.69) is 11.7 Å². The van der Waals surface area contributed by atoms with Crippen LogP contribution in [0.25, 0.3) is 0 Å². The molecule has 0 rings (SSSR count). The van der Waals surface area contributed by atoms with Gasteiger partial charge in [0.1, 0.15) is 0 Å². The predicted octanol–water partition coefficient (Wildman–Crippen LogP) is 10.6. The second-order valence-corrected chi connectivity index (χ2v) is 9.90. The van der Waals surface area contributed by atoms with Crippen molar-refractivity contribution < 1.29 is 84.2 Å². The summed E-state index contributed by atoms with van der Waals surface area (Å²) in [4.78, 5) is 11.3. The molecule has 0 aliphatic heterocycles. The van der Waals surface area contributed by atoms with Crippen LogP contribution in [0.4, 0.5) is 74.6 Å². The van der Waals surface area contributed by atoms with Crippen LogP contribution in [0.3, 0.4) is 0 Å². The van der Waals surface area contributed by atoms with Crippen LogP contribution in [0.1, 0.15) is 90.4 Å². The van der Waals surface area contributed by atoms with E-state index in [4.69, 9.17) is 0 Å². The van der Waals surface area contributed by atoms with Gasteiger partial charge in [0.05, 0.1) is 6.61 Å². The summed E-state index contributed by atoms with van der Waals surface area (Å²) in [5.74, 6) is -61.7. The fraction of sp³-hybridized carbons (Fsp3) is 0.958. The maximum atomic E-state index is 13.8. The lowest BCUT2D eigenvalue weighted by Crippen LogP contribution is -2.75. The molecule has 0 bridgehead atoms. The lowest BCUT2D eigenvalue weighted by Gasteiger charge is -2.42. The number of unbranched alkanes of at least 4 members (excludes halogenated alkanes) is 12. The van der Waals surface area contributed by atoms with E-state index in [1.54, 1.807) is 0 Å². The zero-order chi connectivity index (χ0) is 34.2. The fourth-order valence-electron chi connectivity index (χ4n) is 3.67. The third-order valence-corrected chi connectivity index (χ3v) is 6.46. The topological polar surface area (TPSA) is 26.3 Å². The molecule has 0 amide bonds. The molecule has 0 radical (unpaired) electrons. The van der Waals surface area contributed by atoms with Gasteiger partial charge in [-0.1, -0.05) is 84.0 Å². The monoisotopic (exact) mass is 674 g/mol. The molecule has 0 N–H and O–H groups in total. The maximum Gasteiger partial charge on any atom is 0.460 e. The van der Waals surface area contributed by atoms with Crippen molar-refractivity contribution in [2.45, 2.75) is 138 Å². The van der Waals surface area contributed by atoms with Crippen molar-refractivity contribution in [3.05, 3.63) is 0 Å². The van der Waals surface area contributed by atoms with Crippen LogP contribution in [0.5, 0.6) is 0 Å². The minimum Gasteiger partial charge on any atom is -0.461 e. The third kappa shape index (κ3) is 8.51. The molecule has 0 atom stereocenters. The van der Waals surface area contributed by atoms with Gasteiger partial charge in [-0.05, 0) is 6.42 Å². The molecule has 0 aromatic rings. The highest BCUT2D eigenvalue weighted by atomic mass is 19.4. The minimum absolute atomic E-state index is 0.106. The molecule has 0 heterocycles. The summed E-state index contributed by atoms with van der Waals surface area (Å²) >= 11 is 0. The zero-order valence-electron chi connectivity index (χ0n) is 22.6. The van der Waals surface area contributed by atoms with Crippen molar-refractivity contribution in [3.63, 3.8) is 0 Å². The van der Waals surface area contributed by atoms with E-state index in [0.717, 1.165) is 57.8 Å². The summed E-state index contributed by atoms with van der Waals surface area (Å²) in [5.41, 5.74) is 0. The quantitative estimate of drug-likeness (QED) is 0.0688. The van der Waals surface area contributed by atoms with Gasteiger partial charge in [0.25, 0.3) is 0 Å². The number of ether oxygens (including phenoxy) is 1. The van der Waals surface area contributed by atoms with E-state index >= 15 is 0 Å². The Kier molecular flexibility index (Phi) is 14.4. The molecular formula is C24H31F17O2. The van der Waals surface area contributed by atoms with Crippen LogP contribution in [0.15, 0.2) is 0 Å². The van der Waals surface area contributed by atoms with Gasteiger partial charge >= 0.3 is 53.6 Å². The van der Waals surface area contributed by atoms with E-state index in [9.17, 15) is 79.4 Å². The molecule has 19 heteroatoms. The first-order chi connectivity index (χ1) is 19.2. The van der Waals surface area contributed by atoms with Crippen molar-refractivity contribution in [2.75, 3.05) is 6.61 Å². The average Bonchev–Trinajstić information content (AvgIpc) is 2.87. The number of halogens is 17. The largest absolute Gasteiger partial charge is 0.461 e. The molecule has 0 unspecified atom stereocenters. The molecule has 0 spiro atoms. The first-order valence-electron chi connectivity index (χ1n) is 13.1. The van der Waals surface area contributed by atoms with Crippen molar-refractivity contribution in [3.8, 4) is 0 Å². The molecule has 43 heavy (non-hydrogen) atoms. The molecule has 0 fully saturated rings. The summed E-state index contributed by atoms with van der Waals surface area (Å²) in [5, 5.41) is 0. The second kappa shape index (κ2) is 15.0. The molecule has 0 saturated carbocycles. The van der Waals surface area contributed by atoms with Gasteiger partial charge in [-0.3, -0.25) is 0 Å². The van der Waals surface area contributed by atoms with Crippen LogP contribution < -0.4 is 0 Å². The summed E-state index contributed by atoms with van der Waals surface area (Å²) in [6, 6.07) is 0. The molecule has 2 nitrogen and oxygen atoms in total. The van der Waals surface area contributed by atoms with E-state index < -0.39 is 60.2 Å². The highest BCUT2D eigenvalue weighted by molar-refractivity contribution is 5.79. The molecule has 0 aliphatic rings. The molecular weight excluding hydrogens is 643 g/mol. The summed E-state index contributed by atoms with van der Waals surface area (Å²) in [6.45, 7) is 0.881. The van der Waals surface area contributed by atoms with Crippen molar-refractivity contribution in [2.24, 2.45) is 0 Å². The van der Waals surface area contributed by atoms with E-state index in [0.29, 0.717) is 12.8 Å². The highest BCUT2D eigenvalue weighted by Gasteiger charge is 2.95. The van der Waals surface area contributed by atoms with E-state index in [-0.39, 0.29) is 12.8 Å². The number of alkyl halides is 17. The lowest BCUT2D eigenvalue weighted by atomic mass is 9.89. The summed E-state index contributed by atoms with van der Waals surface area (Å²) in [7, 11) is 0. The van der Waals surface area contributed by atoms with Crippen LogP contribution in [-0.4, -0.2) is 60.2 Å². The Labute approximate surface area is 235 Å². The van der Waals surface area contributed by atoms with Crippen molar-refractivity contribution >= 4 is 5.97 Å². The minimum atomic E-state index is -8.74. The summed E-state index contributed by atoms with van der Waals surface area (Å²) < 4.78 is 229. The van der Waals surface area contributed by atoms with E-state index in [1.807, 2.05) is 0 Å². The lowest BCUT2D eigenvalue weighted by molar-refractivity contribution is -0.460. The third-order valence-electron chi connectivity index (χ3n) is 6.46. The Balaban J connectivity index is 5.21. The second-order valence-electron chi connectivity index (χ2n) is 9.90. The number of carbonyl (C=O) groups excluding carboxylic acids is 1. The zero-order valence-corrected chi connectivity index (χ0v) is 22.6. The number of carbonyl (C=O) groups is 1. The Hall–Kier alpha value is -1.72. The Morgan fingerprint density at radius 3 is 1.02 bits per heavy atom. The smallest absolute Gasteiger partial charge is 0.460 e. The van der Waals surface area contributed by atoms with Gasteiger partial charge in [0.2, 0.25) is 0 Å². The van der Waals surface area contributed by atoms with Crippen LogP contribution in [0, 0.1) is 0 Å². The molecule has 0 aliphatic carbocycles. The van der Waals surface area contributed by atoms with Crippen molar-refractivity contribution in [1.82, 2.24) is 0 Å². The van der Waals surface area contributed by atoms with Gasteiger partial charge in [0.15, 0.2) is 0 Å². The molecule has 0 saturated heterocycles. The number of hydrogen-bond acceptors (Lipinski definition) is 2. The molecule has 0 aromatic heterocycles. The SMILES string of the molecule is CCCCCCCCCCCCCCCOC(=O)C(F)(F)C(F)(F)C(F)(F)C(F)(F)C(F)(F)C(F)(F)C(F)(F)C(F)(F)F. The Bertz CT molecular complexity index is 853. The van der Waals surface area contributed by atoms with Gasteiger partial charge in [0, 0.05) is 0 Å². The summed E-state index contributed by atoms with van der Waals surface area (Å²) in [6.07, 6.45) is 2.09. The predicted molar refractivity (Wildman–Crippen MR) is 117 cm³/mol. The van der Waals surface area contributed by atoms with Crippen molar-refractivity contribution in [1.29, 1.82) is 0 Å². The van der Waals surface area contributed by atoms with Crippen LogP contribution in [0.2, 0.25) is 0 Å². The number of rotatable bonds is 21. The molecule has 0 aromatic carbocycles. The molecule has 258 valence electrons. The van der Waals surface area contributed by atoms with E-state index in [1.165, 1.54) is 0 Å². The van der Waals surface area contributed by atoms with Gasteiger partial charge < -0.3 is 4.74 Å². The van der Waals surface area contributed by atoms with Crippen LogP contribution >= 0.6 is 0 Å². The fourth-order valence-corrected chi connectivity index (χ4v) is 3.67. The van der Waals surface area contributed by atoms with Crippen LogP contribution in [-0.2, 0) is 9.53 Å². The average molecular weight is 674 g/mol. The standard InChI is InChI=1S/C24H31F17O2/c1-2-3-4-5-6-7-8-9-10-11-12-13-14-15-43-16(42)17(25,26)18(27,28)19(29,30)20(31,32)21(33,34)22(35,36)23(37,38)24(39,40)41/h2-15H2,1H3. The Morgan fingerprint density at radius 2 is 0.698 bits per heavy atom. The van der Waals surface area contributed by atoms with Gasteiger partial charge in [-0.25, -0.2) is 4.79 Å².